The van der Waals surface area contributed by atoms with E-state index < -0.39 is 0 Å². The standard InChI is InChI=1S/C17H21N3OS.ClH/c1-10-4-5-14(11(2)6-10)17-20-12(3)15(22-17)16(21)19-9-13-7-18-8-13;/h4-6,13,18H,7-9H2,1-3H3,(H,19,21);1H. The van der Waals surface area contributed by atoms with Crippen molar-refractivity contribution < 1.29 is 4.79 Å². The first-order valence-corrected chi connectivity index (χ1v) is 8.40. The molecule has 3 rings (SSSR count). The Bertz CT molecular complexity index is 710. The number of nitrogens with zero attached hydrogens (tertiary/aromatic N) is 1. The smallest absolute Gasteiger partial charge is 0.263 e. The molecule has 1 saturated heterocycles. The predicted molar refractivity (Wildman–Crippen MR) is 97.7 cm³/mol. The number of benzene rings is 1. The van der Waals surface area contributed by atoms with Gasteiger partial charge >= 0.3 is 0 Å². The highest BCUT2D eigenvalue weighted by Gasteiger charge is 2.20. The number of amides is 1. The molecule has 0 unspecified atom stereocenters. The van der Waals surface area contributed by atoms with Crippen LogP contribution < -0.4 is 10.6 Å². The second-order valence-corrected chi connectivity index (χ2v) is 6.99. The summed E-state index contributed by atoms with van der Waals surface area (Å²) < 4.78 is 0. The summed E-state index contributed by atoms with van der Waals surface area (Å²) in [4.78, 5) is 17.7. The van der Waals surface area contributed by atoms with Gasteiger partial charge in [0.1, 0.15) is 9.88 Å². The van der Waals surface area contributed by atoms with Crippen molar-refractivity contribution in [2.45, 2.75) is 20.8 Å². The molecule has 1 aromatic carbocycles. The minimum Gasteiger partial charge on any atom is -0.351 e. The van der Waals surface area contributed by atoms with Gasteiger partial charge in [-0.15, -0.1) is 23.7 Å². The normalized spacial score (nSPS) is 14.0. The van der Waals surface area contributed by atoms with E-state index in [0.717, 1.165) is 40.8 Å². The number of thiazole rings is 1. The van der Waals surface area contributed by atoms with Gasteiger partial charge in [-0.1, -0.05) is 23.8 Å². The fraction of sp³-hybridized carbons (Fsp3) is 0.412. The minimum atomic E-state index is -0.00193. The van der Waals surface area contributed by atoms with Crippen molar-refractivity contribution in [2.24, 2.45) is 5.92 Å². The maximum absolute atomic E-state index is 12.3. The predicted octanol–water partition coefficient (Wildman–Crippen LogP) is 3.11. The van der Waals surface area contributed by atoms with E-state index in [1.807, 2.05) is 6.92 Å². The van der Waals surface area contributed by atoms with Crippen molar-refractivity contribution in [1.29, 1.82) is 0 Å². The molecular weight excluding hydrogens is 330 g/mol. The third-order valence-electron chi connectivity index (χ3n) is 4.03. The van der Waals surface area contributed by atoms with E-state index >= 15 is 0 Å². The van der Waals surface area contributed by atoms with Crippen molar-refractivity contribution in [3.8, 4) is 10.6 Å². The Morgan fingerprint density at radius 3 is 2.70 bits per heavy atom. The van der Waals surface area contributed by atoms with Crippen molar-refractivity contribution in [3.05, 3.63) is 39.9 Å². The molecule has 1 amide bonds. The van der Waals surface area contributed by atoms with Crippen molar-refractivity contribution in [1.82, 2.24) is 15.6 Å². The van der Waals surface area contributed by atoms with Crippen molar-refractivity contribution in [2.75, 3.05) is 19.6 Å². The molecule has 0 atom stereocenters. The van der Waals surface area contributed by atoms with Gasteiger partial charge in [-0.2, -0.15) is 0 Å². The molecule has 0 bridgehead atoms. The van der Waals surface area contributed by atoms with Crippen molar-refractivity contribution >= 4 is 29.7 Å². The first kappa shape index (κ1) is 17.9. The summed E-state index contributed by atoms with van der Waals surface area (Å²) in [6.45, 7) is 8.80. The lowest BCUT2D eigenvalue weighted by molar-refractivity contribution is 0.0945. The first-order chi connectivity index (χ1) is 10.5. The molecule has 1 aliphatic rings. The van der Waals surface area contributed by atoms with Crippen LogP contribution in [0.2, 0.25) is 0 Å². The molecule has 2 aromatic rings. The zero-order valence-corrected chi connectivity index (χ0v) is 15.2. The lowest BCUT2D eigenvalue weighted by atomic mass is 10.0. The number of halogens is 1. The molecule has 4 nitrogen and oxygen atoms in total. The van der Waals surface area contributed by atoms with Crippen LogP contribution in [0.25, 0.3) is 10.6 Å². The maximum Gasteiger partial charge on any atom is 0.263 e. The maximum atomic E-state index is 12.3. The zero-order valence-electron chi connectivity index (χ0n) is 13.6. The van der Waals surface area contributed by atoms with Gasteiger partial charge in [0.2, 0.25) is 0 Å². The minimum absolute atomic E-state index is 0. The Morgan fingerprint density at radius 2 is 2.09 bits per heavy atom. The van der Waals surface area contributed by atoms with Gasteiger partial charge < -0.3 is 10.6 Å². The van der Waals surface area contributed by atoms with Gasteiger partial charge in [0, 0.05) is 31.1 Å². The summed E-state index contributed by atoms with van der Waals surface area (Å²) >= 11 is 1.48. The third kappa shape index (κ3) is 3.91. The van der Waals surface area contributed by atoms with Gasteiger partial charge in [0.05, 0.1) is 5.69 Å². The average Bonchev–Trinajstić information content (AvgIpc) is 2.78. The van der Waals surface area contributed by atoms with E-state index in [2.05, 4.69) is 47.7 Å². The van der Waals surface area contributed by atoms with Crippen LogP contribution in [0.5, 0.6) is 0 Å². The summed E-state index contributed by atoms with van der Waals surface area (Å²) in [5.41, 5.74) is 4.35. The summed E-state index contributed by atoms with van der Waals surface area (Å²) in [5, 5.41) is 7.15. The Balaban J connectivity index is 0.00000192. The molecule has 0 saturated carbocycles. The Kier molecular flexibility index (Phi) is 5.79. The van der Waals surface area contributed by atoms with Gasteiger partial charge in [-0.05, 0) is 26.3 Å². The summed E-state index contributed by atoms with van der Waals surface area (Å²) in [5.74, 6) is 0.564. The lowest BCUT2D eigenvalue weighted by Crippen LogP contribution is -2.48. The molecule has 23 heavy (non-hydrogen) atoms. The molecule has 2 N–H and O–H groups in total. The monoisotopic (exact) mass is 351 g/mol. The van der Waals surface area contributed by atoms with Crippen LogP contribution in [-0.4, -0.2) is 30.5 Å². The molecule has 1 aromatic heterocycles. The summed E-state index contributed by atoms with van der Waals surface area (Å²) in [6.07, 6.45) is 0. The molecule has 1 fully saturated rings. The molecule has 1 aliphatic heterocycles. The van der Waals surface area contributed by atoms with Crippen LogP contribution in [0.4, 0.5) is 0 Å². The highest BCUT2D eigenvalue weighted by molar-refractivity contribution is 7.17. The fourth-order valence-corrected chi connectivity index (χ4v) is 3.66. The van der Waals surface area contributed by atoms with Crippen LogP contribution in [0, 0.1) is 26.7 Å². The zero-order chi connectivity index (χ0) is 15.7. The number of aromatic nitrogens is 1. The molecule has 0 spiro atoms. The number of hydrogen-bond acceptors (Lipinski definition) is 4. The van der Waals surface area contributed by atoms with Gasteiger partial charge in [0.15, 0.2) is 0 Å². The van der Waals surface area contributed by atoms with Crippen LogP contribution in [0.3, 0.4) is 0 Å². The average molecular weight is 352 g/mol. The first-order valence-electron chi connectivity index (χ1n) is 7.58. The molecule has 124 valence electrons. The number of hydrogen-bond donors (Lipinski definition) is 2. The number of nitrogens with one attached hydrogen (secondary N) is 2. The second kappa shape index (κ2) is 7.43. The SMILES string of the molecule is Cc1ccc(-c2nc(C)c(C(=O)NCC3CNC3)s2)c(C)c1.Cl. The molecule has 0 radical (unpaired) electrons. The molecule has 0 aliphatic carbocycles. The fourth-order valence-electron chi connectivity index (χ4n) is 2.59. The van der Waals surface area contributed by atoms with Crippen molar-refractivity contribution in [3.63, 3.8) is 0 Å². The van der Waals surface area contributed by atoms with E-state index in [1.54, 1.807) is 0 Å². The van der Waals surface area contributed by atoms with E-state index in [1.165, 1.54) is 22.5 Å². The number of carbonyl (C=O) groups excluding carboxylic acids is 1. The summed E-state index contributed by atoms with van der Waals surface area (Å²) in [7, 11) is 0. The highest BCUT2D eigenvalue weighted by Crippen LogP contribution is 2.30. The van der Waals surface area contributed by atoms with E-state index in [4.69, 9.17) is 0 Å². The highest BCUT2D eigenvalue weighted by atomic mass is 35.5. The van der Waals surface area contributed by atoms with Crippen LogP contribution in [0.1, 0.15) is 26.5 Å². The molecule has 2 heterocycles. The molecule has 6 heteroatoms. The van der Waals surface area contributed by atoms with Crippen LogP contribution in [0.15, 0.2) is 18.2 Å². The molecular formula is C17H22ClN3OS. The summed E-state index contributed by atoms with van der Waals surface area (Å²) in [6, 6.07) is 6.32. The van der Waals surface area contributed by atoms with E-state index in [0.29, 0.717) is 5.92 Å². The number of aryl methyl sites for hydroxylation is 3. The lowest BCUT2D eigenvalue weighted by Gasteiger charge is -2.26. The quantitative estimate of drug-likeness (QED) is 0.889. The third-order valence-corrected chi connectivity index (χ3v) is 5.22. The largest absolute Gasteiger partial charge is 0.351 e. The Labute approximate surface area is 147 Å². The number of carbonyl (C=O) groups is 1. The van der Waals surface area contributed by atoms with E-state index in [9.17, 15) is 4.79 Å². The van der Waals surface area contributed by atoms with Gasteiger partial charge in [0.25, 0.3) is 5.91 Å². The van der Waals surface area contributed by atoms with Crippen LogP contribution >= 0.6 is 23.7 Å². The second-order valence-electron chi connectivity index (χ2n) is 5.99. The van der Waals surface area contributed by atoms with E-state index in [-0.39, 0.29) is 18.3 Å². The van der Waals surface area contributed by atoms with Gasteiger partial charge in [-0.25, -0.2) is 4.98 Å². The van der Waals surface area contributed by atoms with Crippen LogP contribution in [-0.2, 0) is 0 Å². The Hall–Kier alpha value is -1.43. The topological polar surface area (TPSA) is 54.0 Å². The number of rotatable bonds is 4. The van der Waals surface area contributed by atoms with Gasteiger partial charge in [-0.3, -0.25) is 4.79 Å². The Morgan fingerprint density at radius 1 is 1.35 bits per heavy atom.